The van der Waals surface area contributed by atoms with Crippen LogP contribution in [-0.4, -0.2) is 79.3 Å². The molecule has 1 heterocycles. The number of carbonyl (C=O) groups is 1. The Morgan fingerprint density at radius 2 is 2.05 bits per heavy atom. The molecule has 0 aromatic heterocycles. The van der Waals surface area contributed by atoms with Gasteiger partial charge in [-0.15, -0.1) is 0 Å². The molecule has 0 aliphatic carbocycles. The molecule has 19 heavy (non-hydrogen) atoms. The fraction of sp³-hybridized carbons (Fsp3) is 0.900. The smallest absolute Gasteiger partial charge is 0.318 e. The molecule has 5 atom stereocenters. The predicted octanol–water partition coefficient (Wildman–Crippen LogP) is -2.73. The van der Waals surface area contributed by atoms with Crippen molar-refractivity contribution in [2.24, 2.45) is 0 Å². The van der Waals surface area contributed by atoms with Crippen LogP contribution in [0.1, 0.15) is 0 Å². The molecule has 112 valence electrons. The van der Waals surface area contributed by atoms with E-state index < -0.39 is 36.6 Å². The highest BCUT2D eigenvalue weighted by molar-refractivity contribution is 5.68. The summed E-state index contributed by atoms with van der Waals surface area (Å²) < 4.78 is 15.6. The van der Waals surface area contributed by atoms with Gasteiger partial charge in [0.2, 0.25) is 0 Å². The lowest BCUT2D eigenvalue weighted by atomic mass is 9.97. The summed E-state index contributed by atoms with van der Waals surface area (Å²) in [6.45, 7) is -0.661. The first-order valence-corrected chi connectivity index (χ1v) is 5.75. The quantitative estimate of drug-likeness (QED) is 0.316. The van der Waals surface area contributed by atoms with E-state index >= 15 is 0 Å². The minimum atomic E-state index is -1.05. The summed E-state index contributed by atoms with van der Waals surface area (Å²) >= 11 is 0. The zero-order valence-corrected chi connectivity index (χ0v) is 10.8. The van der Waals surface area contributed by atoms with Gasteiger partial charge in [-0.05, 0) is 0 Å². The topological polar surface area (TPSA) is 130 Å². The van der Waals surface area contributed by atoms with Crippen LogP contribution in [0.25, 0.3) is 0 Å². The fourth-order valence-electron chi connectivity index (χ4n) is 1.96. The summed E-state index contributed by atoms with van der Waals surface area (Å²) in [5.41, 5.74) is 5.06. The third-order valence-electron chi connectivity index (χ3n) is 2.87. The van der Waals surface area contributed by atoms with Gasteiger partial charge >= 0.3 is 5.97 Å². The van der Waals surface area contributed by atoms with Gasteiger partial charge in [-0.2, -0.15) is 0 Å². The molecule has 0 radical (unpaired) electrons. The van der Waals surface area contributed by atoms with Crippen molar-refractivity contribution in [2.75, 3.05) is 27.4 Å². The molecular weight excluding hydrogens is 260 g/mol. The number of ether oxygens (including phenoxy) is 3. The molecule has 0 spiro atoms. The van der Waals surface area contributed by atoms with E-state index in [4.69, 9.17) is 19.3 Å². The first kappa shape index (κ1) is 16.2. The van der Waals surface area contributed by atoms with Gasteiger partial charge in [0.05, 0.1) is 6.61 Å². The van der Waals surface area contributed by atoms with Crippen LogP contribution in [0.5, 0.6) is 0 Å². The maximum Gasteiger partial charge on any atom is 0.318 e. The minimum absolute atomic E-state index is 0.329. The Morgan fingerprint density at radius 3 is 2.53 bits per heavy atom. The summed E-state index contributed by atoms with van der Waals surface area (Å²) in [6.07, 6.45) is -3.36. The van der Waals surface area contributed by atoms with Gasteiger partial charge in [-0.1, -0.05) is 0 Å². The Bertz CT molecular complexity index is 291. The zero-order valence-electron chi connectivity index (χ0n) is 10.8. The Labute approximate surface area is 110 Å². The number of nitrogens with one attached hydrogen (secondary N) is 2. The number of aliphatic carboxylic acids is 1. The summed E-state index contributed by atoms with van der Waals surface area (Å²) in [5.74, 6) is -1.05. The molecule has 1 rings (SSSR count). The van der Waals surface area contributed by atoms with Crippen LogP contribution >= 0.6 is 0 Å². The van der Waals surface area contributed by atoms with Crippen molar-refractivity contribution in [1.82, 2.24) is 10.9 Å². The molecule has 9 nitrogen and oxygen atoms in total. The number of hydrogen-bond donors (Lipinski definition) is 5. The molecule has 1 aliphatic heterocycles. The van der Waals surface area contributed by atoms with Crippen LogP contribution in [0.3, 0.4) is 0 Å². The van der Waals surface area contributed by atoms with E-state index in [1.165, 1.54) is 14.2 Å². The number of aliphatic hydroxyl groups excluding tert-OH is 2. The highest BCUT2D eigenvalue weighted by Crippen LogP contribution is 2.23. The van der Waals surface area contributed by atoms with Gasteiger partial charge in [-0.3, -0.25) is 4.79 Å². The molecule has 0 aromatic rings. The molecule has 1 fully saturated rings. The van der Waals surface area contributed by atoms with Crippen molar-refractivity contribution in [3.05, 3.63) is 0 Å². The summed E-state index contributed by atoms with van der Waals surface area (Å²) in [5, 5.41) is 27.8. The number of hydrogen-bond acceptors (Lipinski definition) is 8. The molecule has 0 bridgehead atoms. The van der Waals surface area contributed by atoms with Gasteiger partial charge in [0.25, 0.3) is 0 Å². The van der Waals surface area contributed by atoms with Gasteiger partial charge in [0.1, 0.15) is 30.9 Å². The normalized spacial score (nSPS) is 35.3. The largest absolute Gasteiger partial charge is 0.480 e. The van der Waals surface area contributed by atoms with E-state index in [-0.39, 0.29) is 13.2 Å². The first-order valence-electron chi connectivity index (χ1n) is 5.75. The molecular formula is C10H20N2O7. The number of aliphatic hydroxyl groups is 2. The van der Waals surface area contributed by atoms with Crippen LogP contribution in [0.4, 0.5) is 0 Å². The Morgan fingerprint density at radius 1 is 1.37 bits per heavy atom. The molecule has 0 aromatic carbocycles. The second-order valence-electron chi connectivity index (χ2n) is 4.07. The molecule has 5 unspecified atom stereocenters. The fourth-order valence-corrected chi connectivity index (χ4v) is 1.96. The SMILES string of the molecule is COC1OC(CO)C(OC)C(O)C1NNCC(=O)O. The average Bonchev–Trinajstić information content (AvgIpc) is 2.39. The molecule has 9 heteroatoms. The lowest BCUT2D eigenvalue weighted by Gasteiger charge is -2.43. The second-order valence-corrected chi connectivity index (χ2v) is 4.07. The maximum atomic E-state index is 10.4. The van der Waals surface area contributed by atoms with Crippen molar-refractivity contribution in [2.45, 2.75) is 30.6 Å². The molecule has 0 amide bonds. The van der Waals surface area contributed by atoms with Crippen molar-refractivity contribution in [3.8, 4) is 0 Å². The van der Waals surface area contributed by atoms with Crippen molar-refractivity contribution in [1.29, 1.82) is 0 Å². The lowest BCUT2D eigenvalue weighted by Crippen LogP contribution is -2.66. The van der Waals surface area contributed by atoms with E-state index in [9.17, 15) is 15.0 Å². The molecule has 1 saturated heterocycles. The van der Waals surface area contributed by atoms with Crippen LogP contribution in [0.15, 0.2) is 0 Å². The molecule has 1 aliphatic rings. The highest BCUT2D eigenvalue weighted by atomic mass is 16.7. The third-order valence-corrected chi connectivity index (χ3v) is 2.87. The Kier molecular flexibility index (Phi) is 6.58. The first-order chi connectivity index (χ1) is 9.04. The maximum absolute atomic E-state index is 10.4. The number of rotatable bonds is 7. The third kappa shape index (κ3) is 4.08. The summed E-state index contributed by atoms with van der Waals surface area (Å²) in [4.78, 5) is 10.4. The minimum Gasteiger partial charge on any atom is -0.480 e. The molecule has 0 saturated carbocycles. The van der Waals surface area contributed by atoms with Gasteiger partial charge < -0.3 is 29.5 Å². The second kappa shape index (κ2) is 7.70. The van der Waals surface area contributed by atoms with Crippen molar-refractivity contribution < 1.29 is 34.3 Å². The Balaban J connectivity index is 2.67. The number of hydrazine groups is 1. The van der Waals surface area contributed by atoms with E-state index in [1.807, 2.05) is 0 Å². The van der Waals surface area contributed by atoms with Gasteiger partial charge in [0, 0.05) is 14.2 Å². The van der Waals surface area contributed by atoms with E-state index in [2.05, 4.69) is 10.9 Å². The lowest BCUT2D eigenvalue weighted by molar-refractivity contribution is -0.269. The number of methoxy groups -OCH3 is 2. The highest BCUT2D eigenvalue weighted by Gasteiger charge is 2.45. The van der Waals surface area contributed by atoms with E-state index in [0.29, 0.717) is 0 Å². The standard InChI is InChI=1S/C10H20N2O7/c1-17-9-5(4-13)19-10(18-2)7(8(9)16)12-11-3-6(14)15/h5,7-13,16H,3-4H2,1-2H3,(H,14,15). The van der Waals surface area contributed by atoms with Crippen LogP contribution in [0, 0.1) is 0 Å². The summed E-state index contributed by atoms with van der Waals surface area (Å²) in [6, 6.07) is -0.739. The van der Waals surface area contributed by atoms with Crippen LogP contribution in [-0.2, 0) is 19.0 Å². The van der Waals surface area contributed by atoms with Gasteiger partial charge in [-0.25, -0.2) is 10.9 Å². The van der Waals surface area contributed by atoms with Crippen LogP contribution in [0.2, 0.25) is 0 Å². The zero-order chi connectivity index (χ0) is 14.4. The number of carboxylic acids is 1. The van der Waals surface area contributed by atoms with E-state index in [1.54, 1.807) is 0 Å². The van der Waals surface area contributed by atoms with E-state index in [0.717, 1.165) is 0 Å². The summed E-state index contributed by atoms with van der Waals surface area (Å²) in [7, 11) is 2.76. The molecule has 5 N–H and O–H groups in total. The Hall–Kier alpha value is -0.810. The van der Waals surface area contributed by atoms with Gasteiger partial charge in [0.15, 0.2) is 6.29 Å². The van der Waals surface area contributed by atoms with Crippen LogP contribution < -0.4 is 10.9 Å². The monoisotopic (exact) mass is 280 g/mol. The van der Waals surface area contributed by atoms with Crippen molar-refractivity contribution >= 4 is 5.97 Å². The van der Waals surface area contributed by atoms with Crippen molar-refractivity contribution in [3.63, 3.8) is 0 Å². The number of carboxylic acid groups (broad SMARTS) is 1. The average molecular weight is 280 g/mol. The predicted molar refractivity (Wildman–Crippen MR) is 62.1 cm³/mol.